The zero-order valence-corrected chi connectivity index (χ0v) is 15.9. The van der Waals surface area contributed by atoms with Gasteiger partial charge in [0.05, 0.1) is 11.4 Å². The highest BCUT2D eigenvalue weighted by atomic mass is 16.4. The van der Waals surface area contributed by atoms with Crippen molar-refractivity contribution < 1.29 is 14.7 Å². The molecule has 28 heavy (non-hydrogen) atoms. The number of aliphatic carboxylic acids is 1. The fourth-order valence-electron chi connectivity index (χ4n) is 4.10. The van der Waals surface area contributed by atoms with E-state index in [1.54, 1.807) is 6.20 Å². The maximum absolute atomic E-state index is 12.5. The third kappa shape index (κ3) is 2.96. The van der Waals surface area contributed by atoms with Gasteiger partial charge in [0.15, 0.2) is 0 Å². The number of nitrogens with zero attached hydrogens (tertiary/aromatic N) is 4. The molecule has 0 fully saturated rings. The van der Waals surface area contributed by atoms with Gasteiger partial charge in [-0.05, 0) is 38.0 Å². The minimum Gasteiger partial charge on any atom is -0.480 e. The number of carbonyl (C=O) groups excluding carboxylic acids is 1. The van der Waals surface area contributed by atoms with Gasteiger partial charge in [0.25, 0.3) is 0 Å². The van der Waals surface area contributed by atoms with E-state index in [9.17, 15) is 14.7 Å². The molecule has 1 atom stereocenters. The van der Waals surface area contributed by atoms with Crippen LogP contribution in [-0.2, 0) is 16.1 Å². The van der Waals surface area contributed by atoms with Gasteiger partial charge in [-0.3, -0.25) is 9.59 Å². The number of benzene rings is 1. The van der Waals surface area contributed by atoms with Crippen molar-refractivity contribution in [1.82, 2.24) is 19.6 Å². The summed E-state index contributed by atoms with van der Waals surface area (Å²) in [5, 5.41) is 20.8. The van der Waals surface area contributed by atoms with Crippen molar-refractivity contribution in [2.45, 2.75) is 39.7 Å². The Morgan fingerprint density at radius 3 is 2.79 bits per heavy atom. The van der Waals surface area contributed by atoms with Crippen LogP contribution in [0.15, 0.2) is 30.6 Å². The fraction of sp³-hybridized carbons (Fsp3) is 0.300. The zero-order chi connectivity index (χ0) is 20.0. The summed E-state index contributed by atoms with van der Waals surface area (Å²) in [6, 6.07) is 6.02. The number of fused-ring (bicyclic) bond motifs is 1. The normalized spacial score (nSPS) is 16.0. The van der Waals surface area contributed by atoms with Crippen molar-refractivity contribution in [3.63, 3.8) is 0 Å². The number of carboxylic acids is 1. The molecule has 0 saturated carbocycles. The molecule has 1 aromatic carbocycles. The van der Waals surface area contributed by atoms with Crippen molar-refractivity contribution >= 4 is 17.7 Å². The Kier molecular flexibility index (Phi) is 4.26. The van der Waals surface area contributed by atoms with Gasteiger partial charge in [-0.25, -0.2) is 9.36 Å². The number of nitrogens with one attached hydrogen (secondary N) is 1. The summed E-state index contributed by atoms with van der Waals surface area (Å²) in [5.41, 5.74) is 5.64. The summed E-state index contributed by atoms with van der Waals surface area (Å²) in [7, 11) is 0. The summed E-state index contributed by atoms with van der Waals surface area (Å²) >= 11 is 0. The molecule has 0 unspecified atom stereocenters. The predicted octanol–water partition coefficient (Wildman–Crippen LogP) is 2.55. The average Bonchev–Trinajstić information content (AvgIpc) is 3.22. The van der Waals surface area contributed by atoms with E-state index in [4.69, 9.17) is 0 Å². The average molecular weight is 379 g/mol. The SMILES string of the molecule is Cc1cc(C)c(-n2cccn2)c([C@H]2CC(=O)Nc3c2c(C)nn3CC(=O)O)c1. The molecular weight excluding hydrogens is 358 g/mol. The van der Waals surface area contributed by atoms with Crippen LogP contribution < -0.4 is 5.32 Å². The minimum absolute atomic E-state index is 0.158. The zero-order valence-electron chi connectivity index (χ0n) is 15.9. The number of rotatable bonds is 4. The van der Waals surface area contributed by atoms with E-state index in [1.807, 2.05) is 37.7 Å². The quantitative estimate of drug-likeness (QED) is 0.725. The predicted molar refractivity (Wildman–Crippen MR) is 103 cm³/mol. The molecule has 1 aliphatic heterocycles. The standard InChI is InChI=1S/C20H21N5O3/c1-11-7-12(2)19(24-6-4-5-21-24)15(8-11)14-9-16(26)22-20-18(14)13(3)23-25(20)10-17(27)28/h4-8,14H,9-10H2,1-3H3,(H,22,26)(H,27,28)/t14-/m1/s1. The largest absolute Gasteiger partial charge is 0.480 e. The van der Waals surface area contributed by atoms with E-state index in [2.05, 4.69) is 27.6 Å². The summed E-state index contributed by atoms with van der Waals surface area (Å²) in [6.45, 7) is 5.59. The van der Waals surface area contributed by atoms with E-state index in [1.165, 1.54) is 4.68 Å². The summed E-state index contributed by atoms with van der Waals surface area (Å²) in [4.78, 5) is 23.7. The van der Waals surface area contributed by atoms with E-state index in [0.717, 1.165) is 27.9 Å². The second kappa shape index (κ2) is 6.63. The highest BCUT2D eigenvalue weighted by Gasteiger charge is 2.34. The number of anilines is 1. The van der Waals surface area contributed by atoms with Gasteiger partial charge >= 0.3 is 5.97 Å². The van der Waals surface area contributed by atoms with Gasteiger partial charge in [0.2, 0.25) is 5.91 Å². The number of hydrogen-bond acceptors (Lipinski definition) is 4. The second-order valence-electron chi connectivity index (χ2n) is 7.17. The Balaban J connectivity index is 1.94. The second-order valence-corrected chi connectivity index (χ2v) is 7.17. The molecule has 4 rings (SSSR count). The lowest BCUT2D eigenvalue weighted by atomic mass is 9.83. The number of hydrogen-bond donors (Lipinski definition) is 2. The third-order valence-corrected chi connectivity index (χ3v) is 5.04. The molecule has 144 valence electrons. The molecule has 2 N–H and O–H groups in total. The first kappa shape index (κ1) is 18.0. The van der Waals surface area contributed by atoms with Crippen molar-refractivity contribution in [3.05, 3.63) is 58.5 Å². The van der Waals surface area contributed by atoms with Gasteiger partial charge in [0, 0.05) is 30.3 Å². The molecule has 0 aliphatic carbocycles. The molecule has 3 aromatic rings. The van der Waals surface area contributed by atoms with Gasteiger partial charge in [-0.1, -0.05) is 17.7 Å². The van der Waals surface area contributed by atoms with E-state index >= 15 is 0 Å². The number of aryl methyl sites for hydroxylation is 3. The van der Waals surface area contributed by atoms with Crippen LogP contribution in [0.5, 0.6) is 0 Å². The van der Waals surface area contributed by atoms with Crippen molar-refractivity contribution in [3.8, 4) is 5.69 Å². The fourth-order valence-corrected chi connectivity index (χ4v) is 4.10. The van der Waals surface area contributed by atoms with Crippen LogP contribution in [0.3, 0.4) is 0 Å². The van der Waals surface area contributed by atoms with E-state index < -0.39 is 5.97 Å². The molecule has 0 bridgehead atoms. The molecular formula is C20H21N5O3. The molecule has 8 nitrogen and oxygen atoms in total. The van der Waals surface area contributed by atoms with Crippen molar-refractivity contribution in [1.29, 1.82) is 0 Å². The minimum atomic E-state index is -1.01. The molecule has 8 heteroatoms. The molecule has 0 spiro atoms. The maximum Gasteiger partial charge on any atom is 0.325 e. The van der Waals surface area contributed by atoms with Gasteiger partial charge in [-0.15, -0.1) is 0 Å². The van der Waals surface area contributed by atoms with Crippen LogP contribution >= 0.6 is 0 Å². The summed E-state index contributed by atoms with van der Waals surface area (Å²) < 4.78 is 3.17. The van der Waals surface area contributed by atoms with E-state index in [-0.39, 0.29) is 24.8 Å². The number of carbonyl (C=O) groups is 2. The first-order chi connectivity index (χ1) is 13.3. The summed E-state index contributed by atoms with van der Waals surface area (Å²) in [6.07, 6.45) is 3.87. The Bertz CT molecular complexity index is 1080. The molecule has 1 amide bonds. The highest BCUT2D eigenvalue weighted by Crippen LogP contribution is 2.42. The molecule has 1 aliphatic rings. The van der Waals surface area contributed by atoms with Crippen LogP contribution in [0.2, 0.25) is 0 Å². The third-order valence-electron chi connectivity index (χ3n) is 5.04. The topological polar surface area (TPSA) is 102 Å². The summed E-state index contributed by atoms with van der Waals surface area (Å²) in [5.74, 6) is -0.935. The van der Waals surface area contributed by atoms with Crippen molar-refractivity contribution in [2.24, 2.45) is 0 Å². The lowest BCUT2D eigenvalue weighted by molar-refractivity contribution is -0.137. The maximum atomic E-state index is 12.5. The number of amides is 1. The van der Waals surface area contributed by atoms with Crippen molar-refractivity contribution in [2.75, 3.05) is 5.32 Å². The van der Waals surface area contributed by atoms with Crippen LogP contribution in [0.1, 0.15) is 40.3 Å². The van der Waals surface area contributed by atoms with Gasteiger partial charge in [0.1, 0.15) is 12.4 Å². The van der Waals surface area contributed by atoms with Gasteiger partial charge in [-0.2, -0.15) is 10.2 Å². The van der Waals surface area contributed by atoms with E-state index in [0.29, 0.717) is 11.5 Å². The molecule has 0 saturated heterocycles. The number of aromatic nitrogens is 4. The Morgan fingerprint density at radius 1 is 1.32 bits per heavy atom. The first-order valence-corrected chi connectivity index (χ1v) is 9.05. The first-order valence-electron chi connectivity index (χ1n) is 9.05. The highest BCUT2D eigenvalue weighted by molar-refractivity contribution is 5.95. The Labute approximate surface area is 161 Å². The Hall–Kier alpha value is -3.42. The smallest absolute Gasteiger partial charge is 0.325 e. The molecule has 2 aromatic heterocycles. The Morgan fingerprint density at radius 2 is 2.11 bits per heavy atom. The lowest BCUT2D eigenvalue weighted by Crippen LogP contribution is -2.26. The van der Waals surface area contributed by atoms with Crippen LogP contribution in [0.4, 0.5) is 5.82 Å². The molecule has 0 radical (unpaired) electrons. The monoisotopic (exact) mass is 379 g/mol. The van der Waals surface area contributed by atoms with Gasteiger partial charge < -0.3 is 10.4 Å². The molecule has 3 heterocycles. The number of carboxylic acid groups (broad SMARTS) is 1. The van der Waals surface area contributed by atoms with Crippen LogP contribution in [-0.4, -0.2) is 36.5 Å². The van der Waals surface area contributed by atoms with Crippen LogP contribution in [0, 0.1) is 20.8 Å². The van der Waals surface area contributed by atoms with Crippen LogP contribution in [0.25, 0.3) is 5.69 Å². The lowest BCUT2D eigenvalue weighted by Gasteiger charge is -2.27.